The molecule has 3 rings (SSSR count). The largest absolute Gasteiger partial charge is 0.449 e. The molecule has 136 valence electrons. The lowest BCUT2D eigenvalue weighted by Crippen LogP contribution is -2.29. The van der Waals surface area contributed by atoms with Gasteiger partial charge in [0.15, 0.2) is 11.3 Å². The van der Waals surface area contributed by atoms with Gasteiger partial charge >= 0.3 is 5.97 Å². The number of rotatable bonds is 5. The first-order chi connectivity index (χ1) is 13.0. The number of hydrogen-bond acceptors (Lipinski definition) is 5. The van der Waals surface area contributed by atoms with Crippen molar-refractivity contribution in [1.82, 2.24) is 9.97 Å². The second kappa shape index (κ2) is 8.42. The van der Waals surface area contributed by atoms with E-state index in [1.54, 1.807) is 24.4 Å². The number of hydrogen-bond donors (Lipinski definition) is 1. The summed E-state index contributed by atoms with van der Waals surface area (Å²) in [5, 5.41) is 3.70. The molecule has 1 amide bonds. The Morgan fingerprint density at radius 1 is 1.11 bits per heavy atom. The zero-order valence-electron chi connectivity index (χ0n) is 14.4. The highest BCUT2D eigenvalue weighted by atomic mass is 35.5. The maximum Gasteiger partial charge on any atom is 0.331 e. The molecule has 0 saturated heterocycles. The van der Waals surface area contributed by atoms with Crippen molar-refractivity contribution in [2.24, 2.45) is 0 Å². The Morgan fingerprint density at radius 3 is 2.67 bits per heavy atom. The molecule has 1 atom stereocenters. The van der Waals surface area contributed by atoms with E-state index in [1.807, 2.05) is 30.3 Å². The molecule has 0 radical (unpaired) electrons. The number of nitrogens with zero attached hydrogens (tertiary/aromatic N) is 2. The number of nitrogens with one attached hydrogen (secondary N) is 1. The molecule has 2 heterocycles. The van der Waals surface area contributed by atoms with Crippen LogP contribution in [0, 0.1) is 0 Å². The topological polar surface area (TPSA) is 81.2 Å². The first kappa shape index (κ1) is 18.5. The van der Waals surface area contributed by atoms with Crippen LogP contribution in [-0.2, 0) is 14.3 Å². The van der Waals surface area contributed by atoms with Gasteiger partial charge in [0.25, 0.3) is 5.91 Å². The number of para-hydroxylation sites is 1. The standard InChI is InChI=1S/C20H16ClN3O3/c1-13(20(26)24-16-8-4-12-23-19(16)21)27-17(25)10-9-15-6-2-5-14-7-3-11-22-18(14)15/h2-13H,1H3,(H,24,26). The molecule has 0 spiro atoms. The van der Waals surface area contributed by atoms with Crippen LogP contribution >= 0.6 is 11.6 Å². The van der Waals surface area contributed by atoms with Crippen molar-refractivity contribution in [3.05, 3.63) is 71.7 Å². The van der Waals surface area contributed by atoms with Crippen molar-refractivity contribution in [1.29, 1.82) is 0 Å². The lowest BCUT2D eigenvalue weighted by molar-refractivity contribution is -0.148. The summed E-state index contributed by atoms with van der Waals surface area (Å²) in [4.78, 5) is 32.4. The number of halogens is 1. The molecule has 6 nitrogen and oxygen atoms in total. The van der Waals surface area contributed by atoms with Gasteiger partial charge in [-0.2, -0.15) is 0 Å². The fourth-order valence-corrected chi connectivity index (χ4v) is 2.57. The summed E-state index contributed by atoms with van der Waals surface area (Å²) in [5.41, 5.74) is 1.91. The predicted octanol–water partition coefficient (Wildman–Crippen LogP) is 3.87. The summed E-state index contributed by atoms with van der Waals surface area (Å²) in [7, 11) is 0. The van der Waals surface area contributed by atoms with E-state index in [9.17, 15) is 9.59 Å². The van der Waals surface area contributed by atoms with Gasteiger partial charge in [-0.05, 0) is 31.2 Å². The fourth-order valence-electron chi connectivity index (χ4n) is 2.40. The minimum atomic E-state index is -0.996. The smallest absolute Gasteiger partial charge is 0.331 e. The Morgan fingerprint density at radius 2 is 1.85 bits per heavy atom. The number of aromatic nitrogens is 2. The average Bonchev–Trinajstić information content (AvgIpc) is 2.68. The molecule has 1 unspecified atom stereocenters. The van der Waals surface area contributed by atoms with Crippen molar-refractivity contribution in [3.63, 3.8) is 0 Å². The number of pyridine rings is 2. The van der Waals surface area contributed by atoms with E-state index in [4.69, 9.17) is 16.3 Å². The lowest BCUT2D eigenvalue weighted by Gasteiger charge is -2.12. The maximum atomic E-state index is 12.1. The monoisotopic (exact) mass is 381 g/mol. The number of esters is 1. The van der Waals surface area contributed by atoms with Gasteiger partial charge in [-0.3, -0.25) is 9.78 Å². The van der Waals surface area contributed by atoms with E-state index in [1.165, 1.54) is 19.2 Å². The van der Waals surface area contributed by atoms with Crippen LogP contribution in [-0.4, -0.2) is 27.9 Å². The highest BCUT2D eigenvalue weighted by Gasteiger charge is 2.17. The molecule has 0 aliphatic carbocycles. The molecule has 7 heteroatoms. The third kappa shape index (κ3) is 4.68. The molecule has 0 bridgehead atoms. The minimum Gasteiger partial charge on any atom is -0.449 e. The fraction of sp³-hybridized carbons (Fsp3) is 0.100. The van der Waals surface area contributed by atoms with E-state index in [0.717, 1.165) is 16.5 Å². The number of carbonyl (C=O) groups is 2. The van der Waals surface area contributed by atoms with Crippen LogP contribution < -0.4 is 5.32 Å². The van der Waals surface area contributed by atoms with Crippen LogP contribution in [0.2, 0.25) is 5.15 Å². The van der Waals surface area contributed by atoms with Gasteiger partial charge in [0.2, 0.25) is 0 Å². The van der Waals surface area contributed by atoms with Gasteiger partial charge < -0.3 is 10.1 Å². The van der Waals surface area contributed by atoms with Gasteiger partial charge in [-0.15, -0.1) is 0 Å². The SMILES string of the molecule is CC(OC(=O)C=Cc1cccc2cccnc12)C(=O)Nc1cccnc1Cl. The van der Waals surface area contributed by atoms with Gasteiger partial charge in [0.05, 0.1) is 11.2 Å². The Balaban J connectivity index is 1.63. The van der Waals surface area contributed by atoms with E-state index in [0.29, 0.717) is 5.69 Å². The maximum absolute atomic E-state index is 12.1. The van der Waals surface area contributed by atoms with Gasteiger partial charge in [-0.25, -0.2) is 9.78 Å². The summed E-state index contributed by atoms with van der Waals surface area (Å²) < 4.78 is 5.14. The highest BCUT2D eigenvalue weighted by molar-refractivity contribution is 6.32. The molecule has 27 heavy (non-hydrogen) atoms. The summed E-state index contributed by atoms with van der Waals surface area (Å²) in [6.07, 6.45) is 5.08. The van der Waals surface area contributed by atoms with Crippen molar-refractivity contribution in [2.75, 3.05) is 5.32 Å². The second-order valence-corrected chi connectivity index (χ2v) is 6.02. The van der Waals surface area contributed by atoms with Crippen LogP contribution in [0.15, 0.2) is 60.9 Å². The first-order valence-corrected chi connectivity index (χ1v) is 8.56. The molecule has 0 aliphatic heterocycles. The normalized spacial score (nSPS) is 12.1. The Bertz CT molecular complexity index is 1010. The number of amides is 1. The average molecular weight is 382 g/mol. The summed E-state index contributed by atoms with van der Waals surface area (Å²) >= 11 is 5.89. The van der Waals surface area contributed by atoms with Gasteiger partial charge in [-0.1, -0.05) is 35.9 Å². The Kier molecular flexibility index (Phi) is 5.78. The summed E-state index contributed by atoms with van der Waals surface area (Å²) in [6, 6.07) is 12.7. The lowest BCUT2D eigenvalue weighted by atomic mass is 10.1. The van der Waals surface area contributed by atoms with E-state index >= 15 is 0 Å². The van der Waals surface area contributed by atoms with Crippen molar-refractivity contribution >= 4 is 46.1 Å². The zero-order valence-corrected chi connectivity index (χ0v) is 15.2. The number of carbonyl (C=O) groups excluding carboxylic acids is 2. The van der Waals surface area contributed by atoms with Gasteiger partial charge in [0.1, 0.15) is 0 Å². The van der Waals surface area contributed by atoms with E-state index < -0.39 is 18.0 Å². The molecule has 3 aromatic rings. The van der Waals surface area contributed by atoms with Crippen LogP contribution in [0.25, 0.3) is 17.0 Å². The molecular weight excluding hydrogens is 366 g/mol. The first-order valence-electron chi connectivity index (χ1n) is 8.18. The Hall–Kier alpha value is -3.25. The van der Waals surface area contributed by atoms with Gasteiger partial charge in [0, 0.05) is 29.4 Å². The zero-order chi connectivity index (χ0) is 19.2. The van der Waals surface area contributed by atoms with Crippen molar-refractivity contribution < 1.29 is 14.3 Å². The molecule has 1 aromatic carbocycles. The van der Waals surface area contributed by atoms with Crippen LogP contribution in [0.3, 0.4) is 0 Å². The van der Waals surface area contributed by atoms with Crippen LogP contribution in [0.1, 0.15) is 12.5 Å². The van der Waals surface area contributed by atoms with Crippen LogP contribution in [0.5, 0.6) is 0 Å². The van der Waals surface area contributed by atoms with E-state index in [2.05, 4.69) is 15.3 Å². The number of fused-ring (bicyclic) bond motifs is 1. The summed E-state index contributed by atoms with van der Waals surface area (Å²) in [5.74, 6) is -1.14. The highest BCUT2D eigenvalue weighted by Crippen LogP contribution is 2.18. The third-order valence-electron chi connectivity index (χ3n) is 3.74. The molecule has 1 N–H and O–H groups in total. The predicted molar refractivity (Wildman–Crippen MR) is 104 cm³/mol. The molecular formula is C20H16ClN3O3. The second-order valence-electron chi connectivity index (χ2n) is 5.67. The molecule has 0 saturated carbocycles. The Labute approximate surface area is 160 Å². The molecule has 0 fully saturated rings. The number of anilines is 1. The third-order valence-corrected chi connectivity index (χ3v) is 4.04. The molecule has 2 aromatic heterocycles. The van der Waals surface area contributed by atoms with E-state index in [-0.39, 0.29) is 5.15 Å². The molecule has 0 aliphatic rings. The summed E-state index contributed by atoms with van der Waals surface area (Å²) in [6.45, 7) is 1.48. The van der Waals surface area contributed by atoms with Crippen LogP contribution in [0.4, 0.5) is 5.69 Å². The number of ether oxygens (including phenoxy) is 1. The quantitative estimate of drug-likeness (QED) is 0.412. The van der Waals surface area contributed by atoms with Crippen molar-refractivity contribution in [2.45, 2.75) is 13.0 Å². The minimum absolute atomic E-state index is 0.160. The number of benzene rings is 1. The van der Waals surface area contributed by atoms with Crippen molar-refractivity contribution in [3.8, 4) is 0 Å².